The molecule has 0 bridgehead atoms. The second-order valence-electron chi connectivity index (χ2n) is 9.86. The van der Waals surface area contributed by atoms with E-state index >= 15 is 0 Å². The van der Waals surface area contributed by atoms with Crippen LogP contribution < -0.4 is 0 Å². The van der Waals surface area contributed by atoms with Crippen molar-refractivity contribution in [3.8, 4) is 0 Å². The van der Waals surface area contributed by atoms with Gasteiger partial charge in [0.15, 0.2) is 14.7 Å². The van der Waals surface area contributed by atoms with E-state index in [0.29, 0.717) is 25.7 Å². The van der Waals surface area contributed by atoms with Crippen LogP contribution in [0.25, 0.3) is 0 Å². The van der Waals surface area contributed by atoms with Gasteiger partial charge in [-0.3, -0.25) is 0 Å². The van der Waals surface area contributed by atoms with Gasteiger partial charge < -0.3 is 9.84 Å². The molecule has 3 aromatic carbocycles. The molecule has 0 radical (unpaired) electrons. The zero-order chi connectivity index (χ0) is 29.0. The molecule has 3 nitrogen and oxygen atoms in total. The highest BCUT2D eigenvalue weighted by Crippen LogP contribution is 2.48. The van der Waals surface area contributed by atoms with Gasteiger partial charge in [0, 0.05) is 12.5 Å². The molecule has 1 saturated carbocycles. The molecule has 0 aromatic heterocycles. The topological polar surface area (TPSA) is 46.5 Å². The average Bonchev–Trinajstić information content (AvgIpc) is 2.93. The normalized spacial score (nSPS) is 16.1. The maximum Gasteiger partial charge on any atom is 0.426 e. The Morgan fingerprint density at radius 1 is 0.775 bits per heavy atom. The number of halogens is 6. The number of carbonyl (C=O) groups excluding carboxylic acids is 1. The fraction of sp³-hybridized carbons (Fsp3) is 0.367. The molecule has 0 heterocycles. The first-order valence-corrected chi connectivity index (χ1v) is 14.1. The lowest BCUT2D eigenvalue weighted by Gasteiger charge is -2.38. The molecule has 214 valence electrons. The largest absolute Gasteiger partial charge is 0.458 e. The van der Waals surface area contributed by atoms with E-state index in [2.05, 4.69) is 0 Å². The Bertz CT molecular complexity index is 1200. The van der Waals surface area contributed by atoms with Gasteiger partial charge in [-0.1, -0.05) is 61.7 Å². The molecule has 1 N–H and O–H groups in total. The number of alkyl halides is 6. The van der Waals surface area contributed by atoms with Gasteiger partial charge in [0.25, 0.3) is 5.60 Å². The van der Waals surface area contributed by atoms with Crippen LogP contribution in [0.15, 0.2) is 99.6 Å². The van der Waals surface area contributed by atoms with Crippen LogP contribution in [0, 0.1) is 5.92 Å². The van der Waals surface area contributed by atoms with E-state index < -0.39 is 53.3 Å². The lowest BCUT2D eigenvalue weighted by atomic mass is 9.80. The molecule has 1 fully saturated rings. The van der Waals surface area contributed by atoms with Crippen molar-refractivity contribution in [1.29, 1.82) is 0 Å². The second-order valence-corrected chi connectivity index (χ2v) is 11.9. The van der Waals surface area contributed by atoms with Gasteiger partial charge in [0.2, 0.25) is 0 Å². The summed E-state index contributed by atoms with van der Waals surface area (Å²) in [6.07, 6.45) is -13.0. The van der Waals surface area contributed by atoms with Crippen LogP contribution in [0.4, 0.5) is 26.3 Å². The van der Waals surface area contributed by atoms with E-state index in [-0.39, 0.29) is 5.56 Å². The summed E-state index contributed by atoms with van der Waals surface area (Å²) >= 11 is 0. The Morgan fingerprint density at radius 2 is 1.27 bits per heavy atom. The van der Waals surface area contributed by atoms with Crippen molar-refractivity contribution in [2.24, 2.45) is 5.92 Å². The van der Waals surface area contributed by atoms with E-state index in [9.17, 15) is 36.2 Å². The average molecular weight is 584 g/mol. The number of ether oxygens (including phenoxy) is 1. The molecule has 0 spiro atoms. The molecule has 4 rings (SSSR count). The summed E-state index contributed by atoms with van der Waals surface area (Å²) in [6.45, 7) is 0. The Kier molecular flexibility index (Phi) is 9.19. The summed E-state index contributed by atoms with van der Waals surface area (Å²) in [5.74, 6) is -1.77. The van der Waals surface area contributed by atoms with Crippen LogP contribution in [0.5, 0.6) is 0 Å². The lowest BCUT2D eigenvalue weighted by Crippen LogP contribution is -2.59. The summed E-state index contributed by atoms with van der Waals surface area (Å²) in [5, 5.41) is 9.90. The number of esters is 1. The highest BCUT2D eigenvalue weighted by Gasteiger charge is 2.71. The summed E-state index contributed by atoms with van der Waals surface area (Å²) in [5.41, 5.74) is -5.00. The van der Waals surface area contributed by atoms with E-state index in [1.165, 1.54) is 6.07 Å². The SMILES string of the molecule is O=C(OC(CC(O)(C(F)(F)F)C(F)(F)F)C1CCCCC1)c1cccc([S+](c2ccccc2)c2ccccc2)c1. The Hall–Kier alpha value is -2.98. The maximum atomic E-state index is 13.5. The molecule has 10 heteroatoms. The maximum absolute atomic E-state index is 13.5. The smallest absolute Gasteiger partial charge is 0.426 e. The number of benzene rings is 3. The molecule has 1 atom stereocenters. The molecule has 0 saturated heterocycles. The van der Waals surface area contributed by atoms with Crippen molar-refractivity contribution in [2.45, 2.75) is 77.3 Å². The summed E-state index contributed by atoms with van der Waals surface area (Å²) in [4.78, 5) is 15.9. The van der Waals surface area contributed by atoms with Gasteiger partial charge in [0.1, 0.15) is 6.10 Å². The van der Waals surface area contributed by atoms with Gasteiger partial charge in [-0.15, -0.1) is 0 Å². The van der Waals surface area contributed by atoms with E-state index in [4.69, 9.17) is 4.74 Å². The fourth-order valence-electron chi connectivity index (χ4n) is 4.97. The molecule has 1 unspecified atom stereocenters. The van der Waals surface area contributed by atoms with E-state index in [1.54, 1.807) is 12.1 Å². The van der Waals surface area contributed by atoms with Gasteiger partial charge >= 0.3 is 18.3 Å². The van der Waals surface area contributed by atoms with Gasteiger partial charge in [-0.2, -0.15) is 26.3 Å². The van der Waals surface area contributed by atoms with Gasteiger partial charge in [0.05, 0.1) is 16.5 Å². The minimum Gasteiger partial charge on any atom is -0.458 e. The monoisotopic (exact) mass is 583 g/mol. The fourth-order valence-corrected chi connectivity index (χ4v) is 7.11. The third-order valence-corrected chi connectivity index (χ3v) is 9.34. The minimum absolute atomic E-state index is 0.00484. The van der Waals surface area contributed by atoms with Crippen LogP contribution in [-0.4, -0.2) is 35.1 Å². The first-order valence-electron chi connectivity index (χ1n) is 12.9. The van der Waals surface area contributed by atoms with E-state index in [1.807, 2.05) is 66.7 Å². The third-order valence-electron chi connectivity index (χ3n) is 7.13. The molecular formula is C30H29F6O3S+. The Balaban J connectivity index is 1.66. The molecule has 0 amide bonds. The zero-order valence-electron chi connectivity index (χ0n) is 21.4. The second kappa shape index (κ2) is 12.3. The molecule has 40 heavy (non-hydrogen) atoms. The Labute approximate surface area is 231 Å². The number of hydrogen-bond donors (Lipinski definition) is 1. The quantitative estimate of drug-likeness (QED) is 0.166. The minimum atomic E-state index is -6.00. The number of aliphatic hydroxyl groups is 1. The van der Waals surface area contributed by atoms with Crippen LogP contribution in [0.1, 0.15) is 48.9 Å². The molecule has 3 aromatic rings. The van der Waals surface area contributed by atoms with Crippen molar-refractivity contribution in [1.82, 2.24) is 0 Å². The lowest BCUT2D eigenvalue weighted by molar-refractivity contribution is -0.374. The first kappa shape index (κ1) is 30.0. The number of hydrogen-bond acceptors (Lipinski definition) is 3. The van der Waals surface area contributed by atoms with Gasteiger partial charge in [-0.25, -0.2) is 4.79 Å². The number of rotatable bonds is 8. The van der Waals surface area contributed by atoms with Crippen LogP contribution in [0.3, 0.4) is 0 Å². The van der Waals surface area contributed by atoms with Crippen molar-refractivity contribution >= 4 is 16.9 Å². The van der Waals surface area contributed by atoms with Crippen molar-refractivity contribution in [2.75, 3.05) is 0 Å². The summed E-state index contributed by atoms with van der Waals surface area (Å²) in [6, 6.07) is 25.4. The standard InChI is InChI=1S/C30H29F6O3S/c31-29(32,33)28(38,30(34,35)36)20-26(21-11-4-1-5-12-21)39-27(37)22-13-10-18-25(19-22)40(23-14-6-2-7-15-23)24-16-8-3-9-17-24/h2-3,6-10,13-19,21,26,38H,1,4-5,11-12,20H2/q+1. The molecule has 0 aliphatic heterocycles. The first-order chi connectivity index (χ1) is 18.9. The van der Waals surface area contributed by atoms with Crippen LogP contribution in [-0.2, 0) is 15.6 Å². The van der Waals surface area contributed by atoms with E-state index in [0.717, 1.165) is 21.1 Å². The van der Waals surface area contributed by atoms with Crippen LogP contribution >= 0.6 is 0 Å². The molecular weight excluding hydrogens is 554 g/mol. The summed E-state index contributed by atoms with van der Waals surface area (Å²) < 4.78 is 86.7. The highest BCUT2D eigenvalue weighted by atomic mass is 32.2. The third kappa shape index (κ3) is 6.66. The van der Waals surface area contributed by atoms with Crippen molar-refractivity contribution in [3.63, 3.8) is 0 Å². The highest BCUT2D eigenvalue weighted by molar-refractivity contribution is 7.97. The predicted octanol–water partition coefficient (Wildman–Crippen LogP) is 8.13. The molecule has 1 aliphatic rings. The predicted molar refractivity (Wildman–Crippen MR) is 139 cm³/mol. The van der Waals surface area contributed by atoms with Gasteiger partial charge in [-0.05, 0) is 55.2 Å². The summed E-state index contributed by atoms with van der Waals surface area (Å²) in [7, 11) is -0.643. The molecule has 1 aliphatic carbocycles. The van der Waals surface area contributed by atoms with Crippen molar-refractivity contribution in [3.05, 3.63) is 90.5 Å². The zero-order valence-corrected chi connectivity index (χ0v) is 22.2. The van der Waals surface area contributed by atoms with Crippen molar-refractivity contribution < 1.29 is 41.0 Å². The number of carbonyl (C=O) groups is 1. The van der Waals surface area contributed by atoms with Crippen LogP contribution in [0.2, 0.25) is 0 Å². The Morgan fingerprint density at radius 3 is 1.77 bits per heavy atom.